The van der Waals surface area contributed by atoms with E-state index in [2.05, 4.69) is 32.0 Å². The van der Waals surface area contributed by atoms with Gasteiger partial charge in [0.25, 0.3) is 0 Å². The van der Waals surface area contributed by atoms with Crippen LogP contribution in [-0.2, 0) is 11.2 Å². The summed E-state index contributed by atoms with van der Waals surface area (Å²) in [4.78, 5) is 26.2. The minimum Gasteiger partial charge on any atom is -0.481 e. The highest BCUT2D eigenvalue weighted by Crippen LogP contribution is 2.38. The molecule has 0 radical (unpaired) electrons. The number of aryl methyl sites for hydroxylation is 1. The first-order valence-corrected chi connectivity index (χ1v) is 9.48. The number of carboxylic acid groups (broad SMARTS) is 1. The molecule has 1 saturated heterocycles. The number of fused-ring (bicyclic) bond motifs is 1. The average molecular weight is 364 g/mol. The number of carbonyl (C=O) groups is 1. The van der Waals surface area contributed by atoms with E-state index in [1.165, 1.54) is 5.56 Å². The van der Waals surface area contributed by atoms with Gasteiger partial charge in [0.05, 0.1) is 10.8 Å². The molecule has 6 heteroatoms. The highest BCUT2D eigenvalue weighted by molar-refractivity contribution is 5.87. The molecule has 140 valence electrons. The van der Waals surface area contributed by atoms with Gasteiger partial charge in [-0.3, -0.25) is 4.79 Å². The van der Waals surface area contributed by atoms with E-state index in [4.69, 9.17) is 0 Å². The number of nitrogens with zero attached hydrogens (tertiary/aromatic N) is 3. The smallest absolute Gasteiger partial charge is 0.311 e. The molecule has 0 bridgehead atoms. The van der Waals surface area contributed by atoms with Gasteiger partial charge in [0.15, 0.2) is 0 Å². The van der Waals surface area contributed by atoms with Crippen LogP contribution >= 0.6 is 0 Å². The van der Waals surface area contributed by atoms with Crippen molar-refractivity contribution in [2.75, 3.05) is 18.0 Å². The second kappa shape index (κ2) is 7.39. The lowest BCUT2D eigenvalue weighted by Gasteiger charge is -2.40. The molecule has 0 unspecified atom stereocenters. The molecule has 0 amide bonds. The van der Waals surface area contributed by atoms with Crippen molar-refractivity contribution in [3.63, 3.8) is 0 Å². The van der Waals surface area contributed by atoms with Crippen LogP contribution in [-0.4, -0.2) is 39.1 Å². The zero-order valence-electron chi connectivity index (χ0n) is 15.3. The van der Waals surface area contributed by atoms with E-state index < -0.39 is 11.4 Å². The molecule has 1 aliphatic rings. The molecular weight excluding hydrogens is 340 g/mol. The number of aromatic nitrogens is 3. The largest absolute Gasteiger partial charge is 0.481 e. The molecule has 2 N–H and O–H groups in total. The second-order valence-electron chi connectivity index (χ2n) is 7.39. The molecule has 27 heavy (non-hydrogen) atoms. The number of carboxylic acids is 1. The van der Waals surface area contributed by atoms with Crippen molar-refractivity contribution in [3.8, 4) is 0 Å². The van der Waals surface area contributed by atoms with Gasteiger partial charge < -0.3 is 15.0 Å². The number of nitrogens with one attached hydrogen (secondary N) is 1. The summed E-state index contributed by atoms with van der Waals surface area (Å²) < 4.78 is 0. The topological polar surface area (TPSA) is 82.1 Å². The SMILES string of the molecule is O=C(O)[C@]1(CCCc2ccccc2)CCCN(c2ncnc3[nH]ccc23)C1. The van der Waals surface area contributed by atoms with E-state index in [0.29, 0.717) is 13.0 Å². The van der Waals surface area contributed by atoms with Crippen molar-refractivity contribution in [1.82, 2.24) is 15.0 Å². The molecule has 0 aliphatic carbocycles. The van der Waals surface area contributed by atoms with Crippen LogP contribution in [0, 0.1) is 5.41 Å². The fraction of sp³-hybridized carbons (Fsp3) is 0.381. The number of rotatable bonds is 6. The Hall–Kier alpha value is -2.89. The second-order valence-corrected chi connectivity index (χ2v) is 7.39. The Labute approximate surface area is 158 Å². The molecule has 3 aromatic rings. The molecule has 1 aromatic carbocycles. The molecule has 4 rings (SSSR count). The van der Waals surface area contributed by atoms with Gasteiger partial charge in [-0.25, -0.2) is 9.97 Å². The molecule has 0 spiro atoms. The number of aliphatic carboxylic acids is 1. The summed E-state index contributed by atoms with van der Waals surface area (Å²) in [5, 5.41) is 11.0. The highest BCUT2D eigenvalue weighted by atomic mass is 16.4. The third-order valence-corrected chi connectivity index (χ3v) is 5.63. The quantitative estimate of drug-likeness (QED) is 0.698. The van der Waals surface area contributed by atoms with Crippen molar-refractivity contribution < 1.29 is 9.90 Å². The fourth-order valence-corrected chi connectivity index (χ4v) is 4.18. The summed E-state index contributed by atoms with van der Waals surface area (Å²) in [7, 11) is 0. The minimum absolute atomic E-state index is 0.494. The summed E-state index contributed by atoms with van der Waals surface area (Å²) in [6.07, 6.45) is 7.41. The maximum Gasteiger partial charge on any atom is 0.311 e. The standard InChI is InChI=1S/C21H24N4O2/c26-20(27)21(10-4-8-16-6-2-1-3-7-16)11-5-13-25(14-21)19-17-9-12-22-18(17)23-15-24-19/h1-3,6-7,9,12,15H,4-5,8,10-11,13-14H2,(H,26,27)(H,22,23,24)/t21-/m1/s1. The lowest BCUT2D eigenvalue weighted by Crippen LogP contribution is -2.48. The lowest BCUT2D eigenvalue weighted by molar-refractivity contribution is -0.150. The summed E-state index contributed by atoms with van der Waals surface area (Å²) in [6, 6.07) is 12.2. The van der Waals surface area contributed by atoms with Crippen LogP contribution in [0.4, 0.5) is 5.82 Å². The van der Waals surface area contributed by atoms with Gasteiger partial charge >= 0.3 is 5.97 Å². The van der Waals surface area contributed by atoms with Gasteiger partial charge in [-0.05, 0) is 43.7 Å². The van der Waals surface area contributed by atoms with E-state index in [0.717, 1.165) is 49.1 Å². The normalized spacial score (nSPS) is 20.1. The van der Waals surface area contributed by atoms with Crippen LogP contribution in [0.15, 0.2) is 48.9 Å². The Balaban J connectivity index is 1.52. The van der Waals surface area contributed by atoms with E-state index in [9.17, 15) is 9.90 Å². The van der Waals surface area contributed by atoms with Crippen molar-refractivity contribution in [1.29, 1.82) is 0 Å². The van der Waals surface area contributed by atoms with E-state index in [1.54, 1.807) is 6.33 Å². The summed E-state index contributed by atoms with van der Waals surface area (Å²) in [6.45, 7) is 1.32. The van der Waals surface area contributed by atoms with Crippen molar-refractivity contribution in [2.24, 2.45) is 5.41 Å². The first-order valence-electron chi connectivity index (χ1n) is 9.48. The molecule has 1 aliphatic heterocycles. The van der Waals surface area contributed by atoms with Crippen LogP contribution in [0.25, 0.3) is 11.0 Å². The van der Waals surface area contributed by atoms with E-state index in [-0.39, 0.29) is 0 Å². The van der Waals surface area contributed by atoms with Crippen molar-refractivity contribution in [2.45, 2.75) is 32.1 Å². The summed E-state index contributed by atoms with van der Waals surface area (Å²) >= 11 is 0. The Kier molecular flexibility index (Phi) is 4.79. The predicted molar refractivity (Wildman–Crippen MR) is 105 cm³/mol. The third kappa shape index (κ3) is 3.52. The van der Waals surface area contributed by atoms with Gasteiger partial charge in [-0.2, -0.15) is 0 Å². The number of hydrogen-bond acceptors (Lipinski definition) is 4. The van der Waals surface area contributed by atoms with Crippen molar-refractivity contribution >= 4 is 22.8 Å². The molecule has 1 fully saturated rings. The van der Waals surface area contributed by atoms with E-state index in [1.807, 2.05) is 30.5 Å². The fourth-order valence-electron chi connectivity index (χ4n) is 4.18. The Morgan fingerprint density at radius 3 is 2.89 bits per heavy atom. The summed E-state index contributed by atoms with van der Waals surface area (Å²) in [5.41, 5.74) is 1.33. The van der Waals surface area contributed by atoms with Crippen LogP contribution in [0.5, 0.6) is 0 Å². The maximum absolute atomic E-state index is 12.2. The molecule has 1 atom stereocenters. The zero-order chi connectivity index (χ0) is 18.7. The van der Waals surface area contributed by atoms with Crippen LogP contribution in [0.1, 0.15) is 31.2 Å². The van der Waals surface area contributed by atoms with Crippen molar-refractivity contribution in [3.05, 3.63) is 54.5 Å². The minimum atomic E-state index is -0.722. The third-order valence-electron chi connectivity index (χ3n) is 5.63. The van der Waals surface area contributed by atoms with Crippen LogP contribution in [0.3, 0.4) is 0 Å². The zero-order valence-corrected chi connectivity index (χ0v) is 15.3. The Bertz CT molecular complexity index is 924. The number of anilines is 1. The molecule has 0 saturated carbocycles. The molecular formula is C21H24N4O2. The molecule has 3 heterocycles. The molecule has 2 aromatic heterocycles. The highest BCUT2D eigenvalue weighted by Gasteiger charge is 2.42. The van der Waals surface area contributed by atoms with E-state index >= 15 is 0 Å². The van der Waals surface area contributed by atoms with Gasteiger partial charge in [0.2, 0.25) is 0 Å². The van der Waals surface area contributed by atoms with Crippen LogP contribution < -0.4 is 4.90 Å². The first-order chi connectivity index (χ1) is 13.2. The predicted octanol–water partition coefficient (Wildman–Crippen LogP) is 3.65. The summed E-state index contributed by atoms with van der Waals surface area (Å²) in [5.74, 6) is 0.134. The Morgan fingerprint density at radius 2 is 2.07 bits per heavy atom. The first kappa shape index (κ1) is 17.5. The monoisotopic (exact) mass is 364 g/mol. The van der Waals surface area contributed by atoms with Gasteiger partial charge in [-0.15, -0.1) is 0 Å². The number of H-pyrrole nitrogens is 1. The van der Waals surface area contributed by atoms with Gasteiger partial charge in [-0.1, -0.05) is 30.3 Å². The molecule has 6 nitrogen and oxygen atoms in total. The van der Waals surface area contributed by atoms with Crippen LogP contribution in [0.2, 0.25) is 0 Å². The lowest BCUT2D eigenvalue weighted by atomic mass is 9.75. The number of benzene rings is 1. The number of piperidine rings is 1. The van der Waals surface area contributed by atoms with Gasteiger partial charge in [0, 0.05) is 19.3 Å². The Morgan fingerprint density at radius 1 is 1.22 bits per heavy atom. The number of aromatic amines is 1. The maximum atomic E-state index is 12.2. The number of hydrogen-bond donors (Lipinski definition) is 2. The average Bonchev–Trinajstić information content (AvgIpc) is 3.18. The van der Waals surface area contributed by atoms with Gasteiger partial charge in [0.1, 0.15) is 17.8 Å².